The molecule has 32 heavy (non-hydrogen) atoms. The van der Waals surface area contributed by atoms with Gasteiger partial charge in [-0.1, -0.05) is 24.3 Å². The van der Waals surface area contributed by atoms with Crippen LogP contribution in [0.3, 0.4) is 0 Å². The summed E-state index contributed by atoms with van der Waals surface area (Å²) in [6.07, 6.45) is -0.682. The Balaban J connectivity index is 3.44. The van der Waals surface area contributed by atoms with E-state index >= 15 is 0 Å². The fourth-order valence-corrected chi connectivity index (χ4v) is 3.33. The molecule has 1 rings (SSSR count). The van der Waals surface area contributed by atoms with Crippen LogP contribution in [0.15, 0.2) is 24.3 Å². The normalized spacial score (nSPS) is 14.2. The molecule has 0 aromatic heterocycles. The standard InChI is InChI=1S/C25H41N3O4/c1-16-14-12-13-15-18(16)19(20(29)27-23(3,4)5)28(24(6,7)8)21(30)17(2)26-22(31)32-25(9,10)11/h12-15,17,19H,1-11H3,(H,26,31)(H,27,29). The number of carbonyl (C=O) groups is 3. The molecule has 180 valence electrons. The molecule has 0 heterocycles. The van der Waals surface area contributed by atoms with E-state index in [9.17, 15) is 14.4 Å². The first-order chi connectivity index (χ1) is 14.3. The van der Waals surface area contributed by atoms with E-state index in [1.807, 2.05) is 72.7 Å². The minimum absolute atomic E-state index is 0.278. The van der Waals surface area contributed by atoms with E-state index in [0.717, 1.165) is 11.1 Å². The molecular weight excluding hydrogens is 406 g/mol. The molecule has 0 spiro atoms. The fourth-order valence-electron chi connectivity index (χ4n) is 3.33. The topological polar surface area (TPSA) is 87.7 Å². The number of nitrogens with zero attached hydrogens (tertiary/aromatic N) is 1. The lowest BCUT2D eigenvalue weighted by Gasteiger charge is -2.43. The molecule has 2 N–H and O–H groups in total. The zero-order valence-corrected chi connectivity index (χ0v) is 21.5. The van der Waals surface area contributed by atoms with Crippen LogP contribution in [-0.4, -0.2) is 45.5 Å². The van der Waals surface area contributed by atoms with Gasteiger partial charge < -0.3 is 20.3 Å². The Hall–Kier alpha value is -2.57. The predicted octanol–water partition coefficient (Wildman–Crippen LogP) is 4.49. The third kappa shape index (κ3) is 8.17. The van der Waals surface area contributed by atoms with Crippen molar-refractivity contribution in [3.8, 4) is 0 Å². The molecule has 1 aromatic carbocycles. The van der Waals surface area contributed by atoms with Crippen LogP contribution < -0.4 is 10.6 Å². The number of hydrogen-bond acceptors (Lipinski definition) is 4. The average molecular weight is 448 g/mol. The second kappa shape index (κ2) is 9.92. The number of ether oxygens (including phenoxy) is 1. The van der Waals surface area contributed by atoms with Crippen molar-refractivity contribution in [2.75, 3.05) is 0 Å². The summed E-state index contributed by atoms with van der Waals surface area (Å²) in [5.41, 5.74) is -0.237. The Labute approximate surface area is 193 Å². The molecule has 2 unspecified atom stereocenters. The van der Waals surface area contributed by atoms with Gasteiger partial charge in [0.05, 0.1) is 0 Å². The van der Waals surface area contributed by atoms with Gasteiger partial charge in [0, 0.05) is 11.1 Å². The zero-order chi connectivity index (χ0) is 25.1. The molecule has 0 saturated heterocycles. The van der Waals surface area contributed by atoms with Crippen molar-refractivity contribution in [3.05, 3.63) is 35.4 Å². The molecule has 7 nitrogen and oxygen atoms in total. The average Bonchev–Trinajstić information content (AvgIpc) is 2.55. The Morgan fingerprint density at radius 3 is 1.91 bits per heavy atom. The first-order valence-corrected chi connectivity index (χ1v) is 11.0. The number of hydrogen-bond donors (Lipinski definition) is 2. The van der Waals surface area contributed by atoms with E-state index in [1.54, 1.807) is 32.6 Å². The molecule has 3 amide bonds. The third-order valence-electron chi connectivity index (χ3n) is 4.55. The summed E-state index contributed by atoms with van der Waals surface area (Å²) >= 11 is 0. The van der Waals surface area contributed by atoms with Crippen LogP contribution in [0.5, 0.6) is 0 Å². The van der Waals surface area contributed by atoms with E-state index < -0.39 is 34.9 Å². The van der Waals surface area contributed by atoms with Gasteiger partial charge in [-0.15, -0.1) is 0 Å². The number of rotatable bonds is 5. The number of benzene rings is 1. The van der Waals surface area contributed by atoms with E-state index in [-0.39, 0.29) is 11.8 Å². The lowest BCUT2D eigenvalue weighted by molar-refractivity contribution is -0.148. The second-order valence-corrected chi connectivity index (χ2v) is 11.2. The van der Waals surface area contributed by atoms with Gasteiger partial charge in [0.2, 0.25) is 11.8 Å². The van der Waals surface area contributed by atoms with Gasteiger partial charge in [-0.2, -0.15) is 0 Å². The van der Waals surface area contributed by atoms with Gasteiger partial charge >= 0.3 is 6.09 Å². The van der Waals surface area contributed by atoms with Crippen molar-refractivity contribution in [2.45, 2.75) is 105 Å². The SMILES string of the molecule is Cc1ccccc1C(C(=O)NC(C)(C)C)N(C(=O)C(C)NC(=O)OC(C)(C)C)C(C)(C)C. The van der Waals surface area contributed by atoms with Crippen molar-refractivity contribution in [2.24, 2.45) is 0 Å². The summed E-state index contributed by atoms with van der Waals surface area (Å²) in [5.74, 6) is -0.653. The van der Waals surface area contributed by atoms with E-state index in [2.05, 4.69) is 10.6 Å². The molecule has 0 saturated carbocycles. The van der Waals surface area contributed by atoms with Crippen LogP contribution in [0.4, 0.5) is 4.79 Å². The highest BCUT2D eigenvalue weighted by Gasteiger charge is 2.41. The van der Waals surface area contributed by atoms with Crippen molar-refractivity contribution in [1.29, 1.82) is 0 Å². The lowest BCUT2D eigenvalue weighted by atomic mass is 9.92. The van der Waals surface area contributed by atoms with Gasteiger partial charge in [0.15, 0.2) is 0 Å². The number of alkyl carbamates (subject to hydrolysis) is 1. The van der Waals surface area contributed by atoms with Crippen molar-refractivity contribution in [3.63, 3.8) is 0 Å². The highest BCUT2D eigenvalue weighted by atomic mass is 16.6. The zero-order valence-electron chi connectivity index (χ0n) is 21.5. The van der Waals surface area contributed by atoms with Crippen LogP contribution >= 0.6 is 0 Å². The summed E-state index contributed by atoms with van der Waals surface area (Å²) in [5, 5.41) is 5.63. The van der Waals surface area contributed by atoms with Crippen molar-refractivity contribution >= 4 is 17.9 Å². The molecule has 0 radical (unpaired) electrons. The van der Waals surface area contributed by atoms with Gasteiger partial charge in [-0.25, -0.2) is 4.79 Å². The van der Waals surface area contributed by atoms with Gasteiger partial charge in [0.1, 0.15) is 17.7 Å². The van der Waals surface area contributed by atoms with E-state index in [4.69, 9.17) is 4.74 Å². The van der Waals surface area contributed by atoms with E-state index in [0.29, 0.717) is 0 Å². The second-order valence-electron chi connectivity index (χ2n) is 11.2. The summed E-state index contributed by atoms with van der Waals surface area (Å²) in [4.78, 5) is 41.0. The van der Waals surface area contributed by atoms with Crippen LogP contribution in [-0.2, 0) is 14.3 Å². The minimum Gasteiger partial charge on any atom is -0.444 e. The highest BCUT2D eigenvalue weighted by molar-refractivity contribution is 5.92. The summed E-state index contributed by atoms with van der Waals surface area (Å²) in [7, 11) is 0. The predicted molar refractivity (Wildman–Crippen MR) is 127 cm³/mol. The van der Waals surface area contributed by atoms with Crippen molar-refractivity contribution in [1.82, 2.24) is 15.5 Å². The highest BCUT2D eigenvalue weighted by Crippen LogP contribution is 2.32. The molecule has 1 aromatic rings. The Morgan fingerprint density at radius 1 is 0.938 bits per heavy atom. The largest absolute Gasteiger partial charge is 0.444 e. The molecule has 0 aliphatic carbocycles. The lowest BCUT2D eigenvalue weighted by Crippen LogP contribution is -2.59. The Morgan fingerprint density at radius 2 is 1.47 bits per heavy atom. The summed E-state index contributed by atoms with van der Waals surface area (Å²) in [6, 6.07) is 5.77. The third-order valence-corrected chi connectivity index (χ3v) is 4.55. The maximum atomic E-state index is 13.7. The molecule has 0 aliphatic heterocycles. The van der Waals surface area contributed by atoms with Gasteiger partial charge in [-0.3, -0.25) is 9.59 Å². The van der Waals surface area contributed by atoms with Crippen LogP contribution in [0.25, 0.3) is 0 Å². The van der Waals surface area contributed by atoms with Crippen LogP contribution in [0.1, 0.15) is 86.4 Å². The Kier molecular flexibility index (Phi) is 8.52. The molecule has 7 heteroatoms. The number of nitrogens with one attached hydrogen (secondary N) is 2. The first kappa shape index (κ1) is 27.5. The van der Waals surface area contributed by atoms with Crippen LogP contribution in [0, 0.1) is 6.92 Å². The first-order valence-electron chi connectivity index (χ1n) is 11.0. The molecule has 0 aliphatic rings. The summed E-state index contributed by atoms with van der Waals surface area (Å²) in [6.45, 7) is 20.1. The van der Waals surface area contributed by atoms with Gasteiger partial charge in [0.25, 0.3) is 0 Å². The number of carbonyl (C=O) groups excluding carboxylic acids is 3. The Bertz CT molecular complexity index is 829. The van der Waals surface area contributed by atoms with Gasteiger partial charge in [-0.05, 0) is 87.3 Å². The molecular formula is C25H41N3O4. The smallest absolute Gasteiger partial charge is 0.408 e. The number of amides is 3. The number of aryl methyl sites for hydroxylation is 1. The maximum absolute atomic E-state index is 13.7. The molecule has 0 bridgehead atoms. The van der Waals surface area contributed by atoms with Crippen LogP contribution in [0.2, 0.25) is 0 Å². The minimum atomic E-state index is -0.891. The summed E-state index contributed by atoms with van der Waals surface area (Å²) < 4.78 is 5.30. The van der Waals surface area contributed by atoms with Crippen molar-refractivity contribution < 1.29 is 19.1 Å². The molecule has 2 atom stereocenters. The monoisotopic (exact) mass is 447 g/mol. The quantitative estimate of drug-likeness (QED) is 0.696. The van der Waals surface area contributed by atoms with E-state index in [1.165, 1.54) is 0 Å². The fraction of sp³-hybridized carbons (Fsp3) is 0.640. The maximum Gasteiger partial charge on any atom is 0.408 e. The molecule has 0 fully saturated rings.